The Morgan fingerprint density at radius 1 is 1.06 bits per heavy atom. The number of carbonyl (C=O) groups is 1. The molecule has 1 aliphatic rings. The number of rotatable bonds is 10. The fraction of sp³-hybridized carbons (Fsp3) is 0.222. The number of aromatic nitrogens is 1. The Morgan fingerprint density at radius 3 is 2.74 bits per heavy atom. The number of fused-ring (bicyclic) bond motifs is 1. The molecule has 174 valence electrons. The number of nitrogens with zero attached hydrogens (tertiary/aromatic N) is 2. The molecule has 5 nitrogen and oxygen atoms in total. The molecule has 0 radical (unpaired) electrons. The first-order valence-corrected chi connectivity index (χ1v) is 12.2. The highest BCUT2D eigenvalue weighted by atomic mass is 35.5. The lowest BCUT2D eigenvalue weighted by molar-refractivity contribution is -0.122. The van der Waals surface area contributed by atoms with Gasteiger partial charge < -0.3 is 10.6 Å². The minimum atomic E-state index is -0.0611. The first kappa shape index (κ1) is 23.9. The van der Waals surface area contributed by atoms with E-state index in [-0.39, 0.29) is 5.91 Å². The summed E-state index contributed by atoms with van der Waals surface area (Å²) in [6.45, 7) is 1.51. The summed E-state index contributed by atoms with van der Waals surface area (Å²) in [5, 5.41) is 8.77. The molecule has 2 aromatic carbocycles. The maximum Gasteiger partial charge on any atom is 0.276 e. The van der Waals surface area contributed by atoms with Gasteiger partial charge in [-0.3, -0.25) is 14.7 Å². The van der Waals surface area contributed by atoms with Crippen molar-refractivity contribution in [2.24, 2.45) is 0 Å². The van der Waals surface area contributed by atoms with E-state index in [4.69, 9.17) is 23.8 Å². The monoisotopic (exact) mass is 490 g/mol. The molecule has 3 aromatic rings. The van der Waals surface area contributed by atoms with Gasteiger partial charge in [0.25, 0.3) is 5.91 Å². The summed E-state index contributed by atoms with van der Waals surface area (Å²) in [7, 11) is 0. The quantitative estimate of drug-likeness (QED) is 0.202. The molecule has 34 heavy (non-hydrogen) atoms. The van der Waals surface area contributed by atoms with Crippen LogP contribution in [0.2, 0.25) is 5.02 Å². The number of thiocarbonyl (C=S) groups is 1. The van der Waals surface area contributed by atoms with Crippen LogP contribution in [0.1, 0.15) is 31.2 Å². The first-order chi connectivity index (χ1) is 16.6. The van der Waals surface area contributed by atoms with E-state index in [0.29, 0.717) is 22.4 Å². The zero-order valence-electron chi connectivity index (χ0n) is 18.8. The molecule has 0 unspecified atom stereocenters. The second kappa shape index (κ2) is 11.8. The molecule has 1 fully saturated rings. The number of benzene rings is 2. The maximum absolute atomic E-state index is 12.7. The SMILES string of the molecule is O=C1/C(=C/C=C/c2ccccc2)NC(=S)N1CCCCCCNc1ccnc2cc(Cl)ccc12. The molecular weight excluding hydrogens is 464 g/mol. The number of halogens is 1. The van der Waals surface area contributed by atoms with Crippen LogP contribution < -0.4 is 10.6 Å². The van der Waals surface area contributed by atoms with Gasteiger partial charge in [-0.1, -0.05) is 66.9 Å². The number of anilines is 1. The Balaban J connectivity index is 1.17. The fourth-order valence-electron chi connectivity index (χ4n) is 3.86. The molecule has 0 spiro atoms. The van der Waals surface area contributed by atoms with Crippen LogP contribution in [0, 0.1) is 0 Å². The minimum Gasteiger partial charge on any atom is -0.384 e. The number of unbranched alkanes of at least 4 members (excludes halogenated alkanes) is 3. The van der Waals surface area contributed by atoms with E-state index in [1.165, 1.54) is 0 Å². The van der Waals surface area contributed by atoms with Crippen molar-refractivity contribution < 1.29 is 4.79 Å². The lowest BCUT2D eigenvalue weighted by Gasteiger charge is -2.13. The van der Waals surface area contributed by atoms with Crippen molar-refractivity contribution in [2.75, 3.05) is 18.4 Å². The molecule has 1 amide bonds. The molecular formula is C27H27ClN4OS. The minimum absolute atomic E-state index is 0.0611. The molecule has 0 aliphatic carbocycles. The number of hydrogen-bond acceptors (Lipinski definition) is 4. The molecule has 2 N–H and O–H groups in total. The third-order valence-corrected chi connectivity index (χ3v) is 6.20. The molecule has 2 heterocycles. The largest absolute Gasteiger partial charge is 0.384 e. The van der Waals surface area contributed by atoms with E-state index < -0.39 is 0 Å². The van der Waals surface area contributed by atoms with Gasteiger partial charge in [-0.2, -0.15) is 0 Å². The zero-order valence-corrected chi connectivity index (χ0v) is 20.4. The summed E-state index contributed by atoms with van der Waals surface area (Å²) >= 11 is 11.4. The lowest BCUT2D eigenvalue weighted by Crippen LogP contribution is -2.31. The molecule has 4 rings (SSSR count). The number of carbonyl (C=O) groups excluding carboxylic acids is 1. The van der Waals surface area contributed by atoms with Crippen molar-refractivity contribution >= 4 is 57.5 Å². The van der Waals surface area contributed by atoms with Crippen molar-refractivity contribution in [3.63, 3.8) is 0 Å². The third kappa shape index (κ3) is 6.22. The van der Waals surface area contributed by atoms with Gasteiger partial charge in [0.15, 0.2) is 5.11 Å². The van der Waals surface area contributed by atoms with Gasteiger partial charge in [0.05, 0.1) is 5.52 Å². The van der Waals surface area contributed by atoms with Crippen LogP contribution in [0.3, 0.4) is 0 Å². The molecule has 0 bridgehead atoms. The topological polar surface area (TPSA) is 57.3 Å². The summed E-state index contributed by atoms with van der Waals surface area (Å²) in [6, 6.07) is 17.7. The van der Waals surface area contributed by atoms with Crippen LogP contribution in [0.5, 0.6) is 0 Å². The summed E-state index contributed by atoms with van der Waals surface area (Å²) in [5.74, 6) is -0.0611. The Morgan fingerprint density at radius 2 is 1.88 bits per heavy atom. The average Bonchev–Trinajstić information content (AvgIpc) is 3.11. The van der Waals surface area contributed by atoms with E-state index >= 15 is 0 Å². The highest BCUT2D eigenvalue weighted by Crippen LogP contribution is 2.24. The number of allylic oxidation sites excluding steroid dienone is 2. The van der Waals surface area contributed by atoms with Gasteiger partial charge in [-0.25, -0.2) is 0 Å². The van der Waals surface area contributed by atoms with Crippen molar-refractivity contribution in [3.8, 4) is 0 Å². The fourth-order valence-corrected chi connectivity index (χ4v) is 4.31. The molecule has 1 aromatic heterocycles. The van der Waals surface area contributed by atoms with Crippen molar-refractivity contribution in [3.05, 3.63) is 89.2 Å². The van der Waals surface area contributed by atoms with Gasteiger partial charge >= 0.3 is 0 Å². The predicted molar refractivity (Wildman–Crippen MR) is 145 cm³/mol. The summed E-state index contributed by atoms with van der Waals surface area (Å²) in [4.78, 5) is 18.7. The zero-order chi connectivity index (χ0) is 23.8. The Kier molecular flexibility index (Phi) is 8.28. The lowest BCUT2D eigenvalue weighted by atomic mass is 10.1. The van der Waals surface area contributed by atoms with Gasteiger partial charge in [-0.15, -0.1) is 0 Å². The Hall–Kier alpha value is -3.22. The van der Waals surface area contributed by atoms with E-state index in [0.717, 1.165) is 54.4 Å². The highest BCUT2D eigenvalue weighted by molar-refractivity contribution is 7.80. The van der Waals surface area contributed by atoms with E-state index in [9.17, 15) is 4.79 Å². The predicted octanol–water partition coefficient (Wildman–Crippen LogP) is 6.17. The van der Waals surface area contributed by atoms with Crippen LogP contribution in [-0.2, 0) is 4.79 Å². The molecule has 1 aliphatic heterocycles. The third-order valence-electron chi connectivity index (χ3n) is 5.64. The second-order valence-corrected chi connectivity index (χ2v) is 8.92. The Bertz CT molecular complexity index is 1230. The average molecular weight is 491 g/mol. The summed E-state index contributed by atoms with van der Waals surface area (Å²) in [6.07, 6.45) is 11.5. The molecule has 1 saturated heterocycles. The number of amides is 1. The highest BCUT2D eigenvalue weighted by Gasteiger charge is 2.29. The Labute approximate surface area is 210 Å². The van der Waals surface area contributed by atoms with E-state index in [1.807, 2.05) is 66.7 Å². The van der Waals surface area contributed by atoms with Crippen LogP contribution in [0.25, 0.3) is 17.0 Å². The summed E-state index contributed by atoms with van der Waals surface area (Å²) in [5.41, 5.74) is 3.56. The molecule has 0 atom stereocenters. The molecule has 0 saturated carbocycles. The van der Waals surface area contributed by atoms with Crippen molar-refractivity contribution in [1.82, 2.24) is 15.2 Å². The number of hydrogen-bond donors (Lipinski definition) is 2. The molecule has 7 heteroatoms. The summed E-state index contributed by atoms with van der Waals surface area (Å²) < 4.78 is 0. The maximum atomic E-state index is 12.7. The van der Waals surface area contributed by atoms with Crippen LogP contribution in [0.15, 0.2) is 78.6 Å². The number of nitrogens with one attached hydrogen (secondary N) is 2. The van der Waals surface area contributed by atoms with Gasteiger partial charge in [0.1, 0.15) is 5.70 Å². The van der Waals surface area contributed by atoms with Crippen molar-refractivity contribution in [2.45, 2.75) is 25.7 Å². The second-order valence-electron chi connectivity index (χ2n) is 8.10. The van der Waals surface area contributed by atoms with Crippen LogP contribution >= 0.6 is 23.8 Å². The first-order valence-electron chi connectivity index (χ1n) is 11.5. The van der Waals surface area contributed by atoms with Gasteiger partial charge in [0, 0.05) is 35.4 Å². The smallest absolute Gasteiger partial charge is 0.276 e. The van der Waals surface area contributed by atoms with Crippen LogP contribution in [-0.4, -0.2) is 34.0 Å². The van der Waals surface area contributed by atoms with Crippen LogP contribution in [0.4, 0.5) is 5.69 Å². The van der Waals surface area contributed by atoms with Crippen molar-refractivity contribution in [1.29, 1.82) is 0 Å². The van der Waals surface area contributed by atoms with E-state index in [1.54, 1.807) is 17.2 Å². The van der Waals surface area contributed by atoms with E-state index in [2.05, 4.69) is 15.6 Å². The standard InChI is InChI=1S/C27H27ClN4OS/c28-21-13-14-22-23(15-17-30-25(22)19-21)29-16-6-1-2-7-18-32-26(33)24(31-27(32)34)12-8-11-20-9-4-3-5-10-20/h3-5,8-15,17,19H,1-2,6-7,16,18H2,(H,29,30)(H,31,34)/b11-8+,24-12-. The van der Waals surface area contributed by atoms with Gasteiger partial charge in [-0.05, 0) is 61.0 Å². The van der Waals surface area contributed by atoms with Gasteiger partial charge in [0.2, 0.25) is 0 Å². The normalized spacial score (nSPS) is 15.0. The number of pyridine rings is 1.